The minimum Gasteiger partial charge on any atom is -0.376 e. The number of nitrogens with zero attached hydrogens (tertiary/aromatic N) is 2. The molecule has 17 heavy (non-hydrogen) atoms. The maximum absolute atomic E-state index is 12.3. The molecule has 1 fully saturated rings. The van der Waals surface area contributed by atoms with Gasteiger partial charge in [0.2, 0.25) is 0 Å². The van der Waals surface area contributed by atoms with Crippen molar-refractivity contribution in [3.8, 4) is 12.3 Å². The summed E-state index contributed by atoms with van der Waals surface area (Å²) >= 11 is 0. The van der Waals surface area contributed by atoms with Crippen LogP contribution in [0.15, 0.2) is 18.3 Å². The standard InChI is InChI=1S/C13H14N2O2/c1-4-10-6-5-7-14-11(10)12(16)15(3)13(2)8-17-9-13/h1,5-7H,8-9H2,2-3H3. The van der Waals surface area contributed by atoms with Crippen LogP contribution in [0.5, 0.6) is 0 Å². The number of likely N-dealkylation sites (N-methyl/N-ethyl adjacent to an activating group) is 1. The van der Waals surface area contributed by atoms with Crippen molar-refractivity contribution in [2.24, 2.45) is 0 Å². The Bertz CT molecular complexity index is 486. The number of hydrogen-bond acceptors (Lipinski definition) is 3. The fraction of sp³-hybridized carbons (Fsp3) is 0.385. The Morgan fingerprint density at radius 3 is 2.88 bits per heavy atom. The first-order valence-electron chi connectivity index (χ1n) is 5.36. The maximum atomic E-state index is 12.3. The number of hydrogen-bond donors (Lipinski definition) is 0. The van der Waals surface area contributed by atoms with E-state index in [9.17, 15) is 4.79 Å². The molecule has 1 aromatic rings. The van der Waals surface area contributed by atoms with E-state index in [1.165, 1.54) is 0 Å². The number of carbonyl (C=O) groups is 1. The second kappa shape index (κ2) is 4.19. The summed E-state index contributed by atoms with van der Waals surface area (Å²) in [4.78, 5) is 18.0. The second-order valence-electron chi connectivity index (χ2n) is 4.40. The van der Waals surface area contributed by atoms with Gasteiger partial charge >= 0.3 is 0 Å². The molecule has 1 aliphatic rings. The van der Waals surface area contributed by atoms with Crippen molar-refractivity contribution < 1.29 is 9.53 Å². The lowest BCUT2D eigenvalue weighted by atomic mass is 9.97. The van der Waals surface area contributed by atoms with Crippen LogP contribution in [0.2, 0.25) is 0 Å². The van der Waals surface area contributed by atoms with Gasteiger partial charge < -0.3 is 9.64 Å². The van der Waals surface area contributed by atoms with Crippen LogP contribution in [0, 0.1) is 12.3 Å². The highest BCUT2D eigenvalue weighted by molar-refractivity contribution is 5.95. The quantitative estimate of drug-likeness (QED) is 0.710. The number of ether oxygens (including phenoxy) is 1. The number of rotatable bonds is 2. The van der Waals surface area contributed by atoms with Gasteiger partial charge in [0.05, 0.1) is 24.3 Å². The largest absolute Gasteiger partial charge is 0.376 e. The van der Waals surface area contributed by atoms with Crippen molar-refractivity contribution in [1.29, 1.82) is 0 Å². The lowest BCUT2D eigenvalue weighted by molar-refractivity contribution is -0.108. The first-order valence-corrected chi connectivity index (χ1v) is 5.36. The van der Waals surface area contributed by atoms with Crippen LogP contribution in [0.25, 0.3) is 0 Å². The molecule has 2 heterocycles. The average molecular weight is 230 g/mol. The molecule has 1 aliphatic heterocycles. The van der Waals surface area contributed by atoms with Gasteiger partial charge in [-0.25, -0.2) is 4.98 Å². The monoisotopic (exact) mass is 230 g/mol. The summed E-state index contributed by atoms with van der Waals surface area (Å²) in [6.45, 7) is 3.08. The number of terminal acetylenes is 1. The fourth-order valence-electron chi connectivity index (χ4n) is 1.69. The van der Waals surface area contributed by atoms with Crippen LogP contribution in [0.1, 0.15) is 23.0 Å². The predicted octanol–water partition coefficient (Wildman–Crippen LogP) is 0.924. The van der Waals surface area contributed by atoms with Gasteiger partial charge in [-0.1, -0.05) is 5.92 Å². The van der Waals surface area contributed by atoms with E-state index in [0.717, 1.165) is 0 Å². The summed E-state index contributed by atoms with van der Waals surface area (Å²) in [5.41, 5.74) is 0.597. The van der Waals surface area contributed by atoms with Gasteiger partial charge in [-0.15, -0.1) is 6.42 Å². The third-order valence-electron chi connectivity index (χ3n) is 3.11. The Kier molecular flexibility index (Phi) is 2.86. The van der Waals surface area contributed by atoms with Crippen LogP contribution in [0.3, 0.4) is 0 Å². The highest BCUT2D eigenvalue weighted by Crippen LogP contribution is 2.24. The Morgan fingerprint density at radius 2 is 2.35 bits per heavy atom. The lowest BCUT2D eigenvalue weighted by Gasteiger charge is -2.45. The Morgan fingerprint density at radius 1 is 1.65 bits per heavy atom. The van der Waals surface area contributed by atoms with Gasteiger partial charge in [-0.05, 0) is 19.1 Å². The van der Waals surface area contributed by atoms with E-state index < -0.39 is 0 Å². The molecule has 4 nitrogen and oxygen atoms in total. The molecule has 0 aromatic carbocycles. The summed E-state index contributed by atoms with van der Waals surface area (Å²) in [6.07, 6.45) is 6.93. The number of carbonyl (C=O) groups excluding carboxylic acids is 1. The SMILES string of the molecule is C#Cc1cccnc1C(=O)N(C)C1(C)COC1. The summed E-state index contributed by atoms with van der Waals surface area (Å²) < 4.78 is 5.15. The lowest BCUT2D eigenvalue weighted by Crippen LogP contribution is -2.60. The van der Waals surface area contributed by atoms with Gasteiger partial charge in [0, 0.05) is 13.2 Å². The van der Waals surface area contributed by atoms with Gasteiger partial charge in [0.1, 0.15) is 5.69 Å². The number of pyridine rings is 1. The summed E-state index contributed by atoms with van der Waals surface area (Å²) in [5, 5.41) is 0. The predicted molar refractivity (Wildman–Crippen MR) is 63.5 cm³/mol. The van der Waals surface area contributed by atoms with E-state index in [0.29, 0.717) is 24.5 Å². The molecule has 1 saturated heterocycles. The van der Waals surface area contributed by atoms with Crippen LogP contribution >= 0.6 is 0 Å². The molecule has 0 saturated carbocycles. The van der Waals surface area contributed by atoms with E-state index in [4.69, 9.17) is 11.2 Å². The zero-order valence-corrected chi connectivity index (χ0v) is 9.93. The highest BCUT2D eigenvalue weighted by Gasteiger charge is 2.40. The van der Waals surface area contributed by atoms with Gasteiger partial charge in [-0.2, -0.15) is 0 Å². The molecule has 0 aliphatic carbocycles. The molecule has 0 atom stereocenters. The molecule has 88 valence electrons. The molecule has 0 radical (unpaired) electrons. The molecular formula is C13H14N2O2. The van der Waals surface area contributed by atoms with E-state index >= 15 is 0 Å². The minimum atomic E-state index is -0.250. The number of amides is 1. The molecule has 0 unspecified atom stereocenters. The van der Waals surface area contributed by atoms with Crippen molar-refractivity contribution >= 4 is 5.91 Å². The van der Waals surface area contributed by atoms with E-state index in [2.05, 4.69) is 10.9 Å². The molecule has 0 N–H and O–H groups in total. The van der Waals surface area contributed by atoms with Crippen molar-refractivity contribution in [3.05, 3.63) is 29.6 Å². The van der Waals surface area contributed by atoms with Crippen molar-refractivity contribution in [3.63, 3.8) is 0 Å². The smallest absolute Gasteiger partial charge is 0.274 e. The molecule has 0 spiro atoms. The molecule has 4 heteroatoms. The minimum absolute atomic E-state index is 0.163. The van der Waals surface area contributed by atoms with Crippen LogP contribution in [-0.2, 0) is 4.74 Å². The number of aromatic nitrogens is 1. The molecule has 1 amide bonds. The molecule has 0 bridgehead atoms. The van der Waals surface area contributed by atoms with Gasteiger partial charge in [0.25, 0.3) is 5.91 Å². The van der Waals surface area contributed by atoms with Crippen LogP contribution in [-0.4, -0.2) is 41.6 Å². The summed E-state index contributed by atoms with van der Waals surface area (Å²) in [5.74, 6) is 2.31. The Hall–Kier alpha value is -1.86. The van der Waals surface area contributed by atoms with E-state index in [1.54, 1.807) is 30.3 Å². The average Bonchev–Trinajstić information content (AvgIpc) is 2.34. The third kappa shape index (κ3) is 1.90. The van der Waals surface area contributed by atoms with Gasteiger partial charge in [0.15, 0.2) is 0 Å². The first-order chi connectivity index (χ1) is 8.08. The van der Waals surface area contributed by atoms with Crippen molar-refractivity contribution in [2.75, 3.05) is 20.3 Å². The molecule has 1 aromatic heterocycles. The summed E-state index contributed by atoms with van der Waals surface area (Å²) in [7, 11) is 1.75. The third-order valence-corrected chi connectivity index (χ3v) is 3.11. The van der Waals surface area contributed by atoms with E-state index in [1.807, 2.05) is 6.92 Å². The topological polar surface area (TPSA) is 42.4 Å². The van der Waals surface area contributed by atoms with Crippen LogP contribution < -0.4 is 0 Å². The van der Waals surface area contributed by atoms with Crippen molar-refractivity contribution in [1.82, 2.24) is 9.88 Å². The normalized spacial score (nSPS) is 16.8. The van der Waals surface area contributed by atoms with Crippen molar-refractivity contribution in [2.45, 2.75) is 12.5 Å². The maximum Gasteiger partial charge on any atom is 0.274 e. The van der Waals surface area contributed by atoms with E-state index in [-0.39, 0.29) is 11.4 Å². The Balaban J connectivity index is 2.28. The zero-order valence-electron chi connectivity index (χ0n) is 9.93. The van der Waals surface area contributed by atoms with Crippen LogP contribution in [0.4, 0.5) is 0 Å². The molecule has 2 rings (SSSR count). The Labute approximate surface area is 101 Å². The summed E-state index contributed by atoms with van der Waals surface area (Å²) in [6, 6.07) is 3.44. The first kappa shape index (κ1) is 11.6. The zero-order chi connectivity index (χ0) is 12.5. The highest BCUT2D eigenvalue weighted by atomic mass is 16.5. The van der Waals surface area contributed by atoms with Gasteiger partial charge in [-0.3, -0.25) is 4.79 Å². The molecular weight excluding hydrogens is 216 g/mol. The fourth-order valence-corrected chi connectivity index (χ4v) is 1.69. The second-order valence-corrected chi connectivity index (χ2v) is 4.40.